The van der Waals surface area contributed by atoms with Gasteiger partial charge in [0.2, 0.25) is 5.91 Å². The molecule has 1 aliphatic rings. The number of carbonyl (C=O) groups excluding carboxylic acids is 1. The largest absolute Gasteiger partial charge is 0.508 e. The van der Waals surface area contributed by atoms with E-state index in [0.717, 1.165) is 48.4 Å². The predicted molar refractivity (Wildman–Crippen MR) is 150 cm³/mol. The molecule has 0 bridgehead atoms. The van der Waals surface area contributed by atoms with E-state index < -0.39 is 0 Å². The maximum Gasteiger partial charge on any atom is 0.227 e. The fourth-order valence-electron chi connectivity index (χ4n) is 5.05. The summed E-state index contributed by atoms with van der Waals surface area (Å²) in [5.41, 5.74) is 3.07. The number of ether oxygens (including phenoxy) is 1. The van der Waals surface area contributed by atoms with Crippen LogP contribution in [-0.4, -0.2) is 42.2 Å². The molecule has 1 aliphatic heterocycles. The fraction of sp³-hybridized carbons (Fsp3) is 0.406. The number of aryl methyl sites for hydroxylation is 1. The third-order valence-corrected chi connectivity index (χ3v) is 7.15. The molecule has 3 aromatic rings. The Balaban J connectivity index is 1.54. The second kappa shape index (κ2) is 13.8. The molecule has 5 nitrogen and oxygen atoms in total. The Morgan fingerprint density at radius 2 is 1.68 bits per heavy atom. The van der Waals surface area contributed by atoms with E-state index in [2.05, 4.69) is 24.0 Å². The molecule has 1 heterocycles. The SMILES string of the molecule is CCCCC(c1ccc(O)cc1)N(C(=O)CCc1ccccc1)c1ccc(OCCN2CCCC2)cc1. The molecule has 196 valence electrons. The van der Waals surface area contributed by atoms with Crippen LogP contribution in [0.2, 0.25) is 0 Å². The van der Waals surface area contributed by atoms with Crippen molar-refractivity contribution in [3.8, 4) is 11.5 Å². The van der Waals surface area contributed by atoms with Crippen molar-refractivity contribution in [1.82, 2.24) is 4.90 Å². The molecular weight excluding hydrogens is 460 g/mol. The molecule has 4 rings (SSSR count). The number of hydrogen-bond acceptors (Lipinski definition) is 4. The summed E-state index contributed by atoms with van der Waals surface area (Å²) in [6.07, 6.45) is 6.59. The van der Waals surface area contributed by atoms with E-state index in [9.17, 15) is 9.90 Å². The molecule has 1 amide bonds. The van der Waals surface area contributed by atoms with Crippen molar-refractivity contribution in [2.24, 2.45) is 0 Å². The molecule has 0 radical (unpaired) electrons. The van der Waals surface area contributed by atoms with E-state index in [1.54, 1.807) is 12.1 Å². The lowest BCUT2D eigenvalue weighted by Gasteiger charge is -2.33. The van der Waals surface area contributed by atoms with Gasteiger partial charge in [-0.05, 0) is 86.3 Å². The van der Waals surface area contributed by atoms with E-state index in [4.69, 9.17) is 4.74 Å². The van der Waals surface area contributed by atoms with E-state index >= 15 is 0 Å². The van der Waals surface area contributed by atoms with Crippen LogP contribution in [0.4, 0.5) is 5.69 Å². The lowest BCUT2D eigenvalue weighted by atomic mass is 9.97. The molecule has 1 atom stereocenters. The van der Waals surface area contributed by atoms with Gasteiger partial charge in [0, 0.05) is 18.7 Å². The van der Waals surface area contributed by atoms with Crippen molar-refractivity contribution < 1.29 is 14.6 Å². The number of likely N-dealkylation sites (tertiary alicyclic amines) is 1. The Morgan fingerprint density at radius 1 is 0.973 bits per heavy atom. The zero-order valence-electron chi connectivity index (χ0n) is 22.0. The highest BCUT2D eigenvalue weighted by Crippen LogP contribution is 2.34. The number of unbranched alkanes of at least 4 members (excludes halogenated alkanes) is 1. The first-order valence-corrected chi connectivity index (χ1v) is 13.7. The summed E-state index contributed by atoms with van der Waals surface area (Å²) in [6.45, 7) is 6.12. The van der Waals surface area contributed by atoms with Gasteiger partial charge in [-0.2, -0.15) is 0 Å². The average molecular weight is 501 g/mol. The number of hydrogen-bond donors (Lipinski definition) is 1. The van der Waals surface area contributed by atoms with Crippen LogP contribution in [-0.2, 0) is 11.2 Å². The van der Waals surface area contributed by atoms with Gasteiger partial charge in [0.05, 0.1) is 6.04 Å². The second-order valence-electron chi connectivity index (χ2n) is 9.89. The predicted octanol–water partition coefficient (Wildman–Crippen LogP) is 6.76. The molecule has 1 saturated heterocycles. The number of phenolic OH excluding ortho intramolecular Hbond substituents is 1. The standard InChI is InChI=1S/C32H40N2O3/c1-2-3-11-31(27-13-17-29(35)18-14-27)34(32(36)21-12-26-9-5-4-6-10-26)28-15-19-30(20-16-28)37-25-24-33-22-7-8-23-33/h4-6,9-10,13-20,31,35H,2-3,7-8,11-12,21-25H2,1H3. The molecule has 3 aromatic carbocycles. The van der Waals surface area contributed by atoms with E-state index in [1.807, 2.05) is 59.5 Å². The maximum atomic E-state index is 13.8. The number of aromatic hydroxyl groups is 1. The van der Waals surface area contributed by atoms with Crippen LogP contribution >= 0.6 is 0 Å². The number of carbonyl (C=O) groups is 1. The number of phenols is 1. The molecule has 37 heavy (non-hydrogen) atoms. The minimum Gasteiger partial charge on any atom is -0.508 e. The third kappa shape index (κ3) is 7.83. The van der Waals surface area contributed by atoms with Gasteiger partial charge in [-0.1, -0.05) is 62.2 Å². The minimum absolute atomic E-state index is 0.0979. The lowest BCUT2D eigenvalue weighted by Crippen LogP contribution is -2.35. The Labute approximate surface area is 221 Å². The van der Waals surface area contributed by atoms with Gasteiger partial charge in [-0.3, -0.25) is 9.69 Å². The molecule has 0 aliphatic carbocycles. The monoisotopic (exact) mass is 500 g/mol. The van der Waals surface area contributed by atoms with Crippen LogP contribution in [0.25, 0.3) is 0 Å². The summed E-state index contributed by atoms with van der Waals surface area (Å²) in [7, 11) is 0. The average Bonchev–Trinajstić information content (AvgIpc) is 3.45. The van der Waals surface area contributed by atoms with Crippen LogP contribution in [0.3, 0.4) is 0 Å². The summed E-state index contributed by atoms with van der Waals surface area (Å²) in [6, 6.07) is 25.3. The quantitative estimate of drug-likeness (QED) is 0.282. The van der Waals surface area contributed by atoms with Crippen molar-refractivity contribution >= 4 is 11.6 Å². The van der Waals surface area contributed by atoms with Gasteiger partial charge in [-0.25, -0.2) is 0 Å². The Bertz CT molecular complexity index is 1080. The second-order valence-corrected chi connectivity index (χ2v) is 9.89. The van der Waals surface area contributed by atoms with Crippen LogP contribution in [0, 0.1) is 0 Å². The van der Waals surface area contributed by atoms with Crippen molar-refractivity contribution in [3.05, 3.63) is 90.0 Å². The number of anilines is 1. The van der Waals surface area contributed by atoms with E-state index in [-0.39, 0.29) is 17.7 Å². The normalized spacial score (nSPS) is 14.4. The van der Waals surface area contributed by atoms with Gasteiger partial charge in [0.15, 0.2) is 0 Å². The van der Waals surface area contributed by atoms with Crippen molar-refractivity contribution in [2.75, 3.05) is 31.1 Å². The van der Waals surface area contributed by atoms with Crippen molar-refractivity contribution in [2.45, 2.75) is 57.9 Å². The zero-order valence-corrected chi connectivity index (χ0v) is 22.0. The molecule has 0 aromatic heterocycles. The van der Waals surface area contributed by atoms with Gasteiger partial charge in [-0.15, -0.1) is 0 Å². The number of amides is 1. The van der Waals surface area contributed by atoms with Gasteiger partial charge < -0.3 is 14.7 Å². The first kappa shape index (κ1) is 26.7. The van der Waals surface area contributed by atoms with Crippen LogP contribution < -0.4 is 9.64 Å². The molecule has 0 saturated carbocycles. The first-order valence-electron chi connectivity index (χ1n) is 13.7. The Kier molecular flexibility index (Phi) is 10.0. The zero-order chi connectivity index (χ0) is 25.9. The first-order chi connectivity index (χ1) is 18.1. The summed E-state index contributed by atoms with van der Waals surface area (Å²) >= 11 is 0. The van der Waals surface area contributed by atoms with Crippen LogP contribution in [0.5, 0.6) is 11.5 Å². The third-order valence-electron chi connectivity index (χ3n) is 7.15. The van der Waals surface area contributed by atoms with Gasteiger partial charge >= 0.3 is 0 Å². The van der Waals surface area contributed by atoms with Gasteiger partial charge in [0.1, 0.15) is 18.1 Å². The fourth-order valence-corrected chi connectivity index (χ4v) is 5.05. The number of rotatable bonds is 13. The van der Waals surface area contributed by atoms with E-state index in [1.165, 1.54) is 25.9 Å². The lowest BCUT2D eigenvalue weighted by molar-refractivity contribution is -0.119. The molecule has 5 heteroatoms. The Hall–Kier alpha value is -3.31. The summed E-state index contributed by atoms with van der Waals surface area (Å²) < 4.78 is 6.02. The summed E-state index contributed by atoms with van der Waals surface area (Å²) in [4.78, 5) is 18.2. The van der Waals surface area contributed by atoms with Crippen LogP contribution in [0.1, 0.15) is 62.6 Å². The summed E-state index contributed by atoms with van der Waals surface area (Å²) in [5.74, 6) is 1.16. The van der Waals surface area contributed by atoms with Crippen molar-refractivity contribution in [3.63, 3.8) is 0 Å². The Morgan fingerprint density at radius 3 is 2.35 bits per heavy atom. The smallest absolute Gasteiger partial charge is 0.227 e. The maximum absolute atomic E-state index is 13.8. The minimum atomic E-state index is -0.106. The van der Waals surface area contributed by atoms with Crippen molar-refractivity contribution in [1.29, 1.82) is 0 Å². The molecule has 1 N–H and O–H groups in total. The topological polar surface area (TPSA) is 53.0 Å². The molecule has 1 fully saturated rings. The number of nitrogens with zero attached hydrogens (tertiary/aromatic N) is 2. The van der Waals surface area contributed by atoms with E-state index in [0.29, 0.717) is 19.4 Å². The highest BCUT2D eigenvalue weighted by molar-refractivity contribution is 5.94. The highest BCUT2D eigenvalue weighted by Gasteiger charge is 2.26. The highest BCUT2D eigenvalue weighted by atomic mass is 16.5. The molecular formula is C32H40N2O3. The van der Waals surface area contributed by atoms with Gasteiger partial charge in [0.25, 0.3) is 0 Å². The summed E-state index contributed by atoms with van der Waals surface area (Å²) in [5, 5.41) is 9.86. The molecule has 0 spiro atoms. The number of benzene rings is 3. The molecule has 1 unspecified atom stereocenters. The van der Waals surface area contributed by atoms with Crippen LogP contribution in [0.15, 0.2) is 78.9 Å².